The van der Waals surface area contributed by atoms with Crippen LogP contribution in [0.15, 0.2) is 21.1 Å². The Balaban J connectivity index is 2.21. The normalized spacial score (nSPS) is 14.1. The van der Waals surface area contributed by atoms with Crippen LogP contribution in [0.5, 0.6) is 11.5 Å². The van der Waals surface area contributed by atoms with E-state index in [4.69, 9.17) is 19.7 Å². The first-order valence-electron chi connectivity index (χ1n) is 6.54. The molecule has 0 radical (unpaired) electrons. The lowest BCUT2D eigenvalue weighted by Gasteiger charge is -2.16. The summed E-state index contributed by atoms with van der Waals surface area (Å²) in [6, 6.07) is 3.63. The van der Waals surface area contributed by atoms with Crippen LogP contribution >= 0.6 is 15.9 Å². The highest BCUT2D eigenvalue weighted by Gasteiger charge is 2.22. The van der Waals surface area contributed by atoms with Crippen molar-refractivity contribution >= 4 is 21.8 Å². The number of aromatic nitrogens is 1. The second kappa shape index (κ2) is 5.36. The summed E-state index contributed by atoms with van der Waals surface area (Å²) in [5.74, 6) is 1.86. The van der Waals surface area contributed by atoms with Gasteiger partial charge in [0.2, 0.25) is 5.88 Å². The molecule has 2 aromatic rings. The van der Waals surface area contributed by atoms with Gasteiger partial charge in [-0.2, -0.15) is 0 Å². The quantitative estimate of drug-likeness (QED) is 0.908. The largest absolute Gasteiger partial charge is 0.490 e. The summed E-state index contributed by atoms with van der Waals surface area (Å²) in [6.07, 6.45) is 1.68. The highest BCUT2D eigenvalue weighted by Crippen LogP contribution is 2.44. The Bertz CT molecular complexity index is 640. The number of hydrogen-bond donors (Lipinski definition) is 1. The number of nitrogens with zero attached hydrogens (tertiary/aromatic N) is 1. The minimum Gasteiger partial charge on any atom is -0.490 e. The van der Waals surface area contributed by atoms with Crippen molar-refractivity contribution in [3.05, 3.63) is 22.2 Å². The van der Waals surface area contributed by atoms with Gasteiger partial charge in [-0.15, -0.1) is 0 Å². The maximum absolute atomic E-state index is 5.86. The molecule has 0 bridgehead atoms. The lowest BCUT2D eigenvalue weighted by atomic mass is 10.0. The standard InChI is InChI=1S/C14H15BrN2O3/c1-2-8-13(10-7-12(16)20-17-10)9(15)6-11-14(8)19-5-3-4-18-11/h6-7H,2-5,16H2,1H3. The van der Waals surface area contributed by atoms with Crippen LogP contribution in [-0.4, -0.2) is 18.4 Å². The number of ether oxygens (including phenoxy) is 2. The second-order valence-electron chi connectivity index (χ2n) is 4.56. The fraction of sp³-hybridized carbons (Fsp3) is 0.357. The van der Waals surface area contributed by atoms with Crippen molar-refractivity contribution in [2.75, 3.05) is 18.9 Å². The maximum Gasteiger partial charge on any atom is 0.222 e. The van der Waals surface area contributed by atoms with Crippen molar-refractivity contribution in [2.45, 2.75) is 19.8 Å². The molecule has 106 valence electrons. The van der Waals surface area contributed by atoms with Gasteiger partial charge in [0, 0.05) is 28.1 Å². The van der Waals surface area contributed by atoms with Gasteiger partial charge in [-0.25, -0.2) is 0 Å². The number of hydrogen-bond acceptors (Lipinski definition) is 5. The van der Waals surface area contributed by atoms with Crippen LogP contribution in [0.3, 0.4) is 0 Å². The average molecular weight is 339 g/mol. The Hall–Kier alpha value is -1.69. The fourth-order valence-corrected chi connectivity index (χ4v) is 3.01. The Kier molecular flexibility index (Phi) is 3.56. The lowest BCUT2D eigenvalue weighted by Crippen LogP contribution is -2.00. The van der Waals surface area contributed by atoms with E-state index in [0.29, 0.717) is 24.8 Å². The van der Waals surface area contributed by atoms with Gasteiger partial charge in [-0.3, -0.25) is 0 Å². The van der Waals surface area contributed by atoms with Crippen molar-refractivity contribution in [1.82, 2.24) is 5.16 Å². The van der Waals surface area contributed by atoms with Crippen molar-refractivity contribution in [2.24, 2.45) is 0 Å². The molecule has 0 atom stereocenters. The van der Waals surface area contributed by atoms with Crippen LogP contribution in [0.25, 0.3) is 11.3 Å². The SMILES string of the molecule is CCc1c2c(cc(Br)c1-c1cc(N)on1)OCCCO2. The summed E-state index contributed by atoms with van der Waals surface area (Å²) in [7, 11) is 0. The van der Waals surface area contributed by atoms with E-state index in [1.807, 2.05) is 6.07 Å². The summed E-state index contributed by atoms with van der Waals surface area (Å²) in [4.78, 5) is 0. The smallest absolute Gasteiger partial charge is 0.222 e. The zero-order valence-electron chi connectivity index (χ0n) is 11.1. The maximum atomic E-state index is 5.86. The van der Waals surface area contributed by atoms with E-state index in [2.05, 4.69) is 28.0 Å². The van der Waals surface area contributed by atoms with Crippen LogP contribution in [0.4, 0.5) is 5.88 Å². The zero-order chi connectivity index (χ0) is 14.1. The van der Waals surface area contributed by atoms with Crippen LogP contribution in [0, 0.1) is 0 Å². The summed E-state index contributed by atoms with van der Waals surface area (Å²) in [5, 5.41) is 4.00. The number of nitrogens with two attached hydrogens (primary N) is 1. The minimum atomic E-state index is 0.293. The molecule has 5 nitrogen and oxygen atoms in total. The fourth-order valence-electron chi connectivity index (χ4n) is 2.36. The van der Waals surface area contributed by atoms with E-state index >= 15 is 0 Å². The lowest BCUT2D eigenvalue weighted by molar-refractivity contribution is 0.296. The van der Waals surface area contributed by atoms with E-state index in [1.54, 1.807) is 6.07 Å². The molecule has 0 aliphatic carbocycles. The third kappa shape index (κ3) is 2.24. The Labute approximate surface area is 125 Å². The number of anilines is 1. The third-order valence-electron chi connectivity index (χ3n) is 3.23. The van der Waals surface area contributed by atoms with Crippen LogP contribution in [-0.2, 0) is 6.42 Å². The molecule has 20 heavy (non-hydrogen) atoms. The van der Waals surface area contributed by atoms with Crippen LogP contribution < -0.4 is 15.2 Å². The van der Waals surface area contributed by atoms with Crippen molar-refractivity contribution in [3.63, 3.8) is 0 Å². The summed E-state index contributed by atoms with van der Waals surface area (Å²) < 4.78 is 17.5. The number of benzene rings is 1. The minimum absolute atomic E-state index is 0.293. The number of fused-ring (bicyclic) bond motifs is 1. The third-order valence-corrected chi connectivity index (χ3v) is 3.85. The predicted octanol–water partition coefficient (Wildman–Crippen LogP) is 3.41. The van der Waals surface area contributed by atoms with Crippen LogP contribution in [0.2, 0.25) is 0 Å². The molecule has 1 aliphatic rings. The highest BCUT2D eigenvalue weighted by atomic mass is 79.9. The van der Waals surface area contributed by atoms with E-state index in [1.165, 1.54) is 0 Å². The van der Waals surface area contributed by atoms with E-state index in [-0.39, 0.29) is 0 Å². The highest BCUT2D eigenvalue weighted by molar-refractivity contribution is 9.10. The van der Waals surface area contributed by atoms with Crippen molar-refractivity contribution in [3.8, 4) is 22.8 Å². The van der Waals surface area contributed by atoms with E-state index < -0.39 is 0 Å². The summed E-state index contributed by atoms with van der Waals surface area (Å²) in [5.41, 5.74) is 8.30. The van der Waals surface area contributed by atoms with Gasteiger partial charge in [-0.1, -0.05) is 12.1 Å². The van der Waals surface area contributed by atoms with Crippen molar-refractivity contribution < 1.29 is 14.0 Å². The van der Waals surface area contributed by atoms with Gasteiger partial charge in [0.05, 0.1) is 13.2 Å². The number of nitrogen functional groups attached to an aromatic ring is 1. The molecule has 1 aliphatic heterocycles. The molecule has 0 spiro atoms. The summed E-state index contributed by atoms with van der Waals surface area (Å²) in [6.45, 7) is 3.39. The van der Waals surface area contributed by atoms with Gasteiger partial charge in [0.1, 0.15) is 5.69 Å². The summed E-state index contributed by atoms with van der Waals surface area (Å²) >= 11 is 3.58. The topological polar surface area (TPSA) is 70.5 Å². The first-order chi connectivity index (χ1) is 9.70. The van der Waals surface area contributed by atoms with E-state index in [9.17, 15) is 0 Å². The Morgan fingerprint density at radius 1 is 1.30 bits per heavy atom. The van der Waals surface area contributed by atoms with Crippen molar-refractivity contribution in [1.29, 1.82) is 0 Å². The first-order valence-corrected chi connectivity index (χ1v) is 7.33. The molecule has 2 N–H and O–H groups in total. The van der Waals surface area contributed by atoms with Gasteiger partial charge < -0.3 is 19.7 Å². The molecular weight excluding hydrogens is 324 g/mol. The van der Waals surface area contributed by atoms with Gasteiger partial charge in [0.25, 0.3) is 0 Å². The zero-order valence-corrected chi connectivity index (χ0v) is 12.7. The molecule has 3 rings (SSSR count). The second-order valence-corrected chi connectivity index (χ2v) is 5.41. The van der Waals surface area contributed by atoms with Gasteiger partial charge in [0.15, 0.2) is 11.5 Å². The molecule has 2 heterocycles. The van der Waals surface area contributed by atoms with Gasteiger partial charge in [-0.05, 0) is 28.4 Å². The molecule has 0 fully saturated rings. The average Bonchev–Trinajstić information content (AvgIpc) is 2.71. The predicted molar refractivity (Wildman–Crippen MR) is 79.0 cm³/mol. The monoisotopic (exact) mass is 338 g/mol. The Morgan fingerprint density at radius 2 is 2.10 bits per heavy atom. The number of rotatable bonds is 2. The number of halogens is 1. The molecular formula is C14H15BrN2O3. The first kappa shape index (κ1) is 13.3. The Morgan fingerprint density at radius 3 is 2.80 bits per heavy atom. The van der Waals surface area contributed by atoms with Gasteiger partial charge >= 0.3 is 0 Å². The molecule has 1 aromatic carbocycles. The van der Waals surface area contributed by atoms with Crippen LogP contribution in [0.1, 0.15) is 18.9 Å². The molecule has 0 saturated heterocycles. The van der Waals surface area contributed by atoms with E-state index in [0.717, 1.165) is 39.9 Å². The molecule has 0 unspecified atom stereocenters. The molecule has 1 aromatic heterocycles. The molecule has 0 amide bonds. The molecule has 0 saturated carbocycles. The molecule has 6 heteroatoms.